The highest BCUT2D eigenvalue weighted by Gasteiger charge is 2.21. The number of carbonyl (C=O) groups excluding carboxylic acids is 2. The summed E-state index contributed by atoms with van der Waals surface area (Å²) in [5.74, 6) is 0.612. The minimum atomic E-state index is -0.335. The fourth-order valence-electron chi connectivity index (χ4n) is 4.13. The number of halogens is 1. The SMILES string of the molecule is O=C(CCc1ccc2c(c1)CN(C(=O)Cc1cccc(F)c1)CCO2)N1CCCC1. The lowest BCUT2D eigenvalue weighted by atomic mass is 10.0. The van der Waals surface area contributed by atoms with E-state index in [1.54, 1.807) is 17.0 Å². The third-order valence-corrected chi connectivity index (χ3v) is 5.79. The van der Waals surface area contributed by atoms with Crippen molar-refractivity contribution in [3.63, 3.8) is 0 Å². The van der Waals surface area contributed by atoms with E-state index in [1.165, 1.54) is 12.1 Å². The number of likely N-dealkylation sites (tertiary alicyclic amines) is 1. The van der Waals surface area contributed by atoms with E-state index in [0.29, 0.717) is 38.1 Å². The fourth-order valence-corrected chi connectivity index (χ4v) is 4.13. The summed E-state index contributed by atoms with van der Waals surface area (Å²) < 4.78 is 19.3. The molecule has 2 heterocycles. The van der Waals surface area contributed by atoms with Gasteiger partial charge in [-0.2, -0.15) is 0 Å². The first-order valence-electron chi connectivity index (χ1n) is 10.6. The highest BCUT2D eigenvalue weighted by atomic mass is 19.1. The van der Waals surface area contributed by atoms with E-state index in [9.17, 15) is 14.0 Å². The Morgan fingerprint density at radius 3 is 2.57 bits per heavy atom. The predicted molar refractivity (Wildman–Crippen MR) is 112 cm³/mol. The molecule has 1 fully saturated rings. The van der Waals surface area contributed by atoms with E-state index in [0.717, 1.165) is 42.8 Å². The monoisotopic (exact) mass is 410 g/mol. The van der Waals surface area contributed by atoms with Crippen molar-refractivity contribution in [3.05, 3.63) is 65.0 Å². The van der Waals surface area contributed by atoms with Crippen LogP contribution in [0.3, 0.4) is 0 Å². The van der Waals surface area contributed by atoms with Gasteiger partial charge in [-0.05, 0) is 48.6 Å². The molecular formula is C24H27FN2O3. The zero-order valence-corrected chi connectivity index (χ0v) is 17.1. The Morgan fingerprint density at radius 1 is 0.933 bits per heavy atom. The van der Waals surface area contributed by atoms with Crippen molar-refractivity contribution in [2.75, 3.05) is 26.2 Å². The molecule has 6 heteroatoms. The normalized spacial score (nSPS) is 16.0. The molecule has 0 aliphatic carbocycles. The van der Waals surface area contributed by atoms with E-state index in [4.69, 9.17) is 4.74 Å². The van der Waals surface area contributed by atoms with Crippen LogP contribution in [0.1, 0.15) is 36.0 Å². The van der Waals surface area contributed by atoms with Crippen LogP contribution in [-0.4, -0.2) is 47.9 Å². The van der Waals surface area contributed by atoms with Crippen molar-refractivity contribution >= 4 is 11.8 Å². The highest BCUT2D eigenvalue weighted by molar-refractivity contribution is 5.79. The number of benzene rings is 2. The topological polar surface area (TPSA) is 49.9 Å². The van der Waals surface area contributed by atoms with Gasteiger partial charge in [-0.1, -0.05) is 24.3 Å². The summed E-state index contributed by atoms with van der Waals surface area (Å²) in [6.45, 7) is 3.12. The van der Waals surface area contributed by atoms with Gasteiger partial charge >= 0.3 is 0 Å². The molecule has 2 aromatic carbocycles. The van der Waals surface area contributed by atoms with E-state index < -0.39 is 0 Å². The van der Waals surface area contributed by atoms with Gasteiger partial charge in [-0.25, -0.2) is 4.39 Å². The van der Waals surface area contributed by atoms with Crippen LogP contribution in [-0.2, 0) is 29.0 Å². The molecule has 4 rings (SSSR count). The Kier molecular flexibility index (Phi) is 6.31. The number of fused-ring (bicyclic) bond motifs is 1. The predicted octanol–water partition coefficient (Wildman–Crippen LogP) is 3.34. The highest BCUT2D eigenvalue weighted by Crippen LogP contribution is 2.25. The van der Waals surface area contributed by atoms with Gasteiger partial charge in [-0.15, -0.1) is 0 Å². The van der Waals surface area contributed by atoms with E-state index >= 15 is 0 Å². The van der Waals surface area contributed by atoms with Gasteiger partial charge in [0.1, 0.15) is 18.2 Å². The number of aryl methyl sites for hydroxylation is 1. The van der Waals surface area contributed by atoms with Crippen LogP contribution in [0.2, 0.25) is 0 Å². The maximum atomic E-state index is 13.4. The Morgan fingerprint density at radius 2 is 1.77 bits per heavy atom. The average molecular weight is 410 g/mol. The van der Waals surface area contributed by atoms with Crippen molar-refractivity contribution in [2.45, 2.75) is 38.6 Å². The molecule has 5 nitrogen and oxygen atoms in total. The first kappa shape index (κ1) is 20.4. The average Bonchev–Trinajstić information content (AvgIpc) is 3.19. The van der Waals surface area contributed by atoms with Gasteiger partial charge < -0.3 is 14.5 Å². The standard InChI is InChI=1S/C24H27FN2O3/c25-21-5-3-4-19(15-21)16-24(29)27-12-13-30-22-8-6-18(14-20(22)17-27)7-9-23(28)26-10-1-2-11-26/h3-6,8,14-15H,1-2,7,9-13,16-17H2. The first-order valence-corrected chi connectivity index (χ1v) is 10.6. The second kappa shape index (κ2) is 9.28. The van der Waals surface area contributed by atoms with Crippen LogP contribution in [0.25, 0.3) is 0 Å². The summed E-state index contributed by atoms with van der Waals surface area (Å²) >= 11 is 0. The first-order chi connectivity index (χ1) is 14.6. The smallest absolute Gasteiger partial charge is 0.227 e. The number of carbonyl (C=O) groups is 2. The molecule has 0 N–H and O–H groups in total. The van der Waals surface area contributed by atoms with Gasteiger partial charge in [0, 0.05) is 31.6 Å². The zero-order chi connectivity index (χ0) is 20.9. The minimum Gasteiger partial charge on any atom is -0.491 e. The van der Waals surface area contributed by atoms with Crippen LogP contribution in [0, 0.1) is 5.82 Å². The molecule has 2 aliphatic heterocycles. The molecule has 0 radical (unpaired) electrons. The summed E-state index contributed by atoms with van der Waals surface area (Å²) in [7, 11) is 0. The lowest BCUT2D eigenvalue weighted by Crippen LogP contribution is -2.33. The van der Waals surface area contributed by atoms with Gasteiger partial charge in [0.25, 0.3) is 0 Å². The fraction of sp³-hybridized carbons (Fsp3) is 0.417. The summed E-state index contributed by atoms with van der Waals surface area (Å²) in [4.78, 5) is 28.8. The molecule has 158 valence electrons. The summed E-state index contributed by atoms with van der Waals surface area (Å²) in [5.41, 5.74) is 2.69. The molecule has 30 heavy (non-hydrogen) atoms. The number of rotatable bonds is 5. The van der Waals surface area contributed by atoms with E-state index in [-0.39, 0.29) is 24.1 Å². The Hall–Kier alpha value is -2.89. The van der Waals surface area contributed by atoms with Gasteiger partial charge in [0.2, 0.25) is 11.8 Å². The Balaban J connectivity index is 1.40. The number of hydrogen-bond donors (Lipinski definition) is 0. The molecule has 0 bridgehead atoms. The van der Waals surface area contributed by atoms with Crippen molar-refractivity contribution in [2.24, 2.45) is 0 Å². The number of hydrogen-bond acceptors (Lipinski definition) is 3. The molecular weight excluding hydrogens is 383 g/mol. The van der Waals surface area contributed by atoms with Crippen LogP contribution in [0.4, 0.5) is 4.39 Å². The zero-order valence-electron chi connectivity index (χ0n) is 17.1. The molecule has 1 saturated heterocycles. The maximum Gasteiger partial charge on any atom is 0.227 e. The van der Waals surface area contributed by atoms with E-state index in [1.807, 2.05) is 23.1 Å². The number of amides is 2. The van der Waals surface area contributed by atoms with Crippen LogP contribution < -0.4 is 4.74 Å². The summed E-state index contributed by atoms with van der Waals surface area (Å²) in [6, 6.07) is 12.1. The van der Waals surface area contributed by atoms with Gasteiger partial charge in [0.05, 0.1) is 13.0 Å². The number of ether oxygens (including phenoxy) is 1. The molecule has 0 saturated carbocycles. The van der Waals surface area contributed by atoms with Crippen molar-refractivity contribution in [3.8, 4) is 5.75 Å². The molecule has 0 aromatic heterocycles. The number of nitrogens with zero attached hydrogens (tertiary/aromatic N) is 2. The third-order valence-electron chi connectivity index (χ3n) is 5.79. The minimum absolute atomic E-state index is 0.0494. The molecule has 2 aliphatic rings. The summed E-state index contributed by atoms with van der Waals surface area (Å²) in [6.07, 6.45) is 3.54. The van der Waals surface area contributed by atoms with E-state index in [2.05, 4.69) is 0 Å². The van der Waals surface area contributed by atoms with Crippen LogP contribution >= 0.6 is 0 Å². The second-order valence-electron chi connectivity index (χ2n) is 8.00. The van der Waals surface area contributed by atoms with Gasteiger partial charge in [-0.3, -0.25) is 9.59 Å². The van der Waals surface area contributed by atoms with Crippen molar-refractivity contribution in [1.82, 2.24) is 9.80 Å². The van der Waals surface area contributed by atoms with Crippen LogP contribution in [0.15, 0.2) is 42.5 Å². The Bertz CT molecular complexity index is 924. The van der Waals surface area contributed by atoms with Gasteiger partial charge in [0.15, 0.2) is 0 Å². The molecule has 0 spiro atoms. The largest absolute Gasteiger partial charge is 0.491 e. The molecule has 2 aromatic rings. The lowest BCUT2D eigenvalue weighted by molar-refractivity contribution is -0.131. The van der Waals surface area contributed by atoms with Crippen LogP contribution in [0.5, 0.6) is 5.75 Å². The molecule has 0 unspecified atom stereocenters. The third kappa shape index (κ3) is 4.99. The summed E-state index contributed by atoms with van der Waals surface area (Å²) in [5, 5.41) is 0. The maximum absolute atomic E-state index is 13.4. The molecule has 2 amide bonds. The Labute approximate surface area is 176 Å². The quantitative estimate of drug-likeness (QED) is 0.760. The molecule has 0 atom stereocenters. The van der Waals surface area contributed by atoms with Crippen molar-refractivity contribution in [1.29, 1.82) is 0 Å². The second-order valence-corrected chi connectivity index (χ2v) is 8.00. The lowest BCUT2D eigenvalue weighted by Gasteiger charge is -2.20. The van der Waals surface area contributed by atoms with Crippen molar-refractivity contribution < 1.29 is 18.7 Å².